The number of nitrogens with one attached hydrogen (secondary N) is 2. The summed E-state index contributed by atoms with van der Waals surface area (Å²) in [6.07, 6.45) is 0. The third kappa shape index (κ3) is 4.85. The molecule has 3 rings (SSSR count). The smallest absolute Gasteiger partial charge is 0.257 e. The summed E-state index contributed by atoms with van der Waals surface area (Å²) < 4.78 is 6.80. The standard InChI is InChI=1S/C21H23N3O2S2/c1-12(2)11-26-16-7-5-6-15(10-16)19(25)23-20(27)24-21-22-17-13(3)8-9-14(4)18(17)28-21/h5-10,12H,11H2,1-4H3,(H2,22,23,24,25,27). The van der Waals surface area contributed by atoms with Crippen LogP contribution in [0, 0.1) is 19.8 Å². The van der Waals surface area contributed by atoms with Crippen molar-refractivity contribution in [3.8, 4) is 5.75 Å². The number of hydrogen-bond acceptors (Lipinski definition) is 5. The van der Waals surface area contributed by atoms with Crippen molar-refractivity contribution >= 4 is 49.9 Å². The van der Waals surface area contributed by atoms with Crippen molar-refractivity contribution in [2.45, 2.75) is 27.7 Å². The molecule has 0 aliphatic carbocycles. The largest absolute Gasteiger partial charge is 0.493 e. The third-order valence-corrected chi connectivity index (χ3v) is 5.38. The molecule has 0 fully saturated rings. The number of aryl methyl sites for hydroxylation is 2. The number of benzene rings is 2. The van der Waals surface area contributed by atoms with Gasteiger partial charge in [-0.05, 0) is 61.3 Å². The van der Waals surface area contributed by atoms with Crippen molar-refractivity contribution in [2.24, 2.45) is 5.92 Å². The molecule has 2 aromatic carbocycles. The summed E-state index contributed by atoms with van der Waals surface area (Å²) in [5, 5.41) is 6.59. The number of carbonyl (C=O) groups excluding carboxylic acids is 1. The SMILES string of the molecule is Cc1ccc(C)c2sc(NC(=S)NC(=O)c3cccc(OCC(C)C)c3)nc12. The van der Waals surface area contributed by atoms with Gasteiger partial charge in [0.15, 0.2) is 10.2 Å². The van der Waals surface area contributed by atoms with Crippen molar-refractivity contribution in [3.63, 3.8) is 0 Å². The Labute approximate surface area is 174 Å². The lowest BCUT2D eigenvalue weighted by Gasteiger charge is -2.10. The molecule has 5 nitrogen and oxygen atoms in total. The van der Waals surface area contributed by atoms with E-state index in [4.69, 9.17) is 17.0 Å². The highest BCUT2D eigenvalue weighted by Crippen LogP contribution is 2.30. The maximum atomic E-state index is 12.5. The molecule has 0 unspecified atom stereocenters. The van der Waals surface area contributed by atoms with Gasteiger partial charge in [-0.25, -0.2) is 4.98 Å². The Morgan fingerprint density at radius 2 is 1.96 bits per heavy atom. The van der Waals surface area contributed by atoms with Crippen LogP contribution in [0.5, 0.6) is 5.75 Å². The minimum Gasteiger partial charge on any atom is -0.493 e. The lowest BCUT2D eigenvalue weighted by molar-refractivity contribution is 0.0977. The molecular weight excluding hydrogens is 390 g/mol. The van der Waals surface area contributed by atoms with E-state index in [0.717, 1.165) is 15.8 Å². The number of rotatable bonds is 5. The van der Waals surface area contributed by atoms with E-state index < -0.39 is 0 Å². The predicted molar refractivity (Wildman–Crippen MR) is 120 cm³/mol. The van der Waals surface area contributed by atoms with Gasteiger partial charge >= 0.3 is 0 Å². The van der Waals surface area contributed by atoms with Crippen LogP contribution in [0.15, 0.2) is 36.4 Å². The lowest BCUT2D eigenvalue weighted by atomic mass is 10.1. The number of nitrogens with zero attached hydrogens (tertiary/aromatic N) is 1. The molecule has 0 saturated heterocycles. The Kier molecular flexibility index (Phi) is 6.26. The van der Waals surface area contributed by atoms with E-state index in [9.17, 15) is 4.79 Å². The highest BCUT2D eigenvalue weighted by atomic mass is 32.1. The fourth-order valence-corrected chi connectivity index (χ4v) is 3.88. The van der Waals surface area contributed by atoms with Gasteiger partial charge in [-0.3, -0.25) is 10.1 Å². The first kappa shape index (κ1) is 20.2. The van der Waals surface area contributed by atoms with E-state index in [0.29, 0.717) is 29.0 Å². The molecule has 7 heteroatoms. The summed E-state index contributed by atoms with van der Waals surface area (Å²) in [6, 6.07) is 11.2. The summed E-state index contributed by atoms with van der Waals surface area (Å²) in [7, 11) is 0. The molecule has 1 amide bonds. The average Bonchev–Trinajstić information content (AvgIpc) is 3.08. The summed E-state index contributed by atoms with van der Waals surface area (Å²) in [6.45, 7) is 8.83. The van der Waals surface area contributed by atoms with E-state index in [-0.39, 0.29) is 11.0 Å². The van der Waals surface area contributed by atoms with Gasteiger partial charge < -0.3 is 10.1 Å². The Bertz CT molecular complexity index is 989. The number of carbonyl (C=O) groups is 1. The van der Waals surface area contributed by atoms with E-state index in [1.54, 1.807) is 18.2 Å². The van der Waals surface area contributed by atoms with Crippen LogP contribution < -0.4 is 15.4 Å². The number of hydrogen-bond donors (Lipinski definition) is 2. The van der Waals surface area contributed by atoms with Gasteiger partial charge in [0.05, 0.1) is 16.8 Å². The van der Waals surface area contributed by atoms with Crippen LogP contribution in [0.4, 0.5) is 5.13 Å². The van der Waals surface area contributed by atoms with Gasteiger partial charge in [0.25, 0.3) is 5.91 Å². The Balaban J connectivity index is 1.66. The van der Waals surface area contributed by atoms with Crippen LogP contribution in [0.2, 0.25) is 0 Å². The average molecular weight is 414 g/mol. The third-order valence-electron chi connectivity index (χ3n) is 4.07. The molecule has 0 atom stereocenters. The highest BCUT2D eigenvalue weighted by molar-refractivity contribution is 7.80. The zero-order valence-corrected chi connectivity index (χ0v) is 18.0. The van der Waals surface area contributed by atoms with Crippen LogP contribution in [0.25, 0.3) is 10.2 Å². The maximum Gasteiger partial charge on any atom is 0.257 e. The molecule has 0 bridgehead atoms. The van der Waals surface area contributed by atoms with Crippen LogP contribution in [0.1, 0.15) is 35.3 Å². The van der Waals surface area contributed by atoms with Gasteiger partial charge in [-0.15, -0.1) is 0 Å². The molecule has 146 valence electrons. The molecule has 3 aromatic rings. The summed E-state index contributed by atoms with van der Waals surface area (Å²) in [4.78, 5) is 17.1. The van der Waals surface area contributed by atoms with Crippen molar-refractivity contribution in [1.82, 2.24) is 10.3 Å². The number of amides is 1. The second-order valence-electron chi connectivity index (χ2n) is 7.04. The number of thiazole rings is 1. The highest BCUT2D eigenvalue weighted by Gasteiger charge is 2.13. The zero-order valence-electron chi connectivity index (χ0n) is 16.3. The van der Waals surface area contributed by atoms with Crippen molar-refractivity contribution in [2.75, 3.05) is 11.9 Å². The lowest BCUT2D eigenvalue weighted by Crippen LogP contribution is -2.34. The number of aromatic nitrogens is 1. The first-order valence-electron chi connectivity index (χ1n) is 9.05. The van der Waals surface area contributed by atoms with E-state index in [1.807, 2.05) is 13.0 Å². The molecule has 1 aromatic heterocycles. The van der Waals surface area contributed by atoms with Crippen LogP contribution in [0.3, 0.4) is 0 Å². The minimum absolute atomic E-state index is 0.216. The molecule has 0 saturated carbocycles. The van der Waals surface area contributed by atoms with Crippen molar-refractivity contribution in [1.29, 1.82) is 0 Å². The maximum absolute atomic E-state index is 12.5. The first-order valence-corrected chi connectivity index (χ1v) is 10.3. The summed E-state index contributed by atoms with van der Waals surface area (Å²) in [5.41, 5.74) is 3.72. The Hall–Kier alpha value is -2.51. The van der Waals surface area contributed by atoms with Gasteiger partial charge in [-0.1, -0.05) is 43.4 Å². The molecular formula is C21H23N3O2S2. The van der Waals surface area contributed by atoms with Crippen LogP contribution in [-0.2, 0) is 0 Å². The van der Waals surface area contributed by atoms with Crippen LogP contribution in [-0.4, -0.2) is 22.6 Å². The number of thiocarbonyl (C=S) groups is 1. The second-order valence-corrected chi connectivity index (χ2v) is 8.44. The van der Waals surface area contributed by atoms with E-state index in [1.165, 1.54) is 16.9 Å². The zero-order chi connectivity index (χ0) is 20.3. The first-order chi connectivity index (χ1) is 13.3. The minimum atomic E-state index is -0.291. The topological polar surface area (TPSA) is 63.2 Å². The number of fused-ring (bicyclic) bond motifs is 1. The molecule has 0 aliphatic rings. The van der Waals surface area contributed by atoms with Crippen molar-refractivity contribution in [3.05, 3.63) is 53.1 Å². The van der Waals surface area contributed by atoms with Crippen molar-refractivity contribution < 1.29 is 9.53 Å². The van der Waals surface area contributed by atoms with Gasteiger partial charge in [0.1, 0.15) is 5.75 Å². The molecule has 0 radical (unpaired) electrons. The predicted octanol–water partition coefficient (Wildman–Crippen LogP) is 5.07. The Morgan fingerprint density at radius 1 is 1.21 bits per heavy atom. The quantitative estimate of drug-likeness (QED) is 0.572. The normalized spacial score (nSPS) is 10.9. The molecule has 0 spiro atoms. The van der Waals surface area contributed by atoms with E-state index >= 15 is 0 Å². The second kappa shape index (κ2) is 8.67. The summed E-state index contributed by atoms with van der Waals surface area (Å²) >= 11 is 6.81. The Morgan fingerprint density at radius 3 is 2.68 bits per heavy atom. The monoisotopic (exact) mass is 413 g/mol. The molecule has 2 N–H and O–H groups in total. The molecule has 0 aliphatic heterocycles. The summed E-state index contributed by atoms with van der Waals surface area (Å²) in [5.74, 6) is 0.786. The van der Waals surface area contributed by atoms with Gasteiger partial charge in [0.2, 0.25) is 0 Å². The van der Waals surface area contributed by atoms with E-state index in [2.05, 4.69) is 48.5 Å². The fourth-order valence-electron chi connectivity index (χ4n) is 2.61. The molecule has 28 heavy (non-hydrogen) atoms. The fraction of sp³-hybridized carbons (Fsp3) is 0.286. The number of ether oxygens (including phenoxy) is 1. The number of anilines is 1. The van der Waals surface area contributed by atoms with Gasteiger partial charge in [-0.2, -0.15) is 0 Å². The van der Waals surface area contributed by atoms with Gasteiger partial charge in [0, 0.05) is 5.56 Å². The van der Waals surface area contributed by atoms with Crippen LogP contribution >= 0.6 is 23.6 Å². The molecule has 1 heterocycles.